The van der Waals surface area contributed by atoms with Crippen LogP contribution in [0.5, 0.6) is 0 Å². The largest absolute Gasteiger partial charge is 0.299 e. The van der Waals surface area contributed by atoms with Crippen LogP contribution < -0.4 is 0 Å². The Balaban J connectivity index is 2.02. The van der Waals surface area contributed by atoms with Crippen LogP contribution >= 0.6 is 15.9 Å². The number of likely N-dealkylation sites (tertiary alicyclic amines) is 1. The van der Waals surface area contributed by atoms with Crippen molar-refractivity contribution in [3.05, 3.63) is 34.4 Å². The van der Waals surface area contributed by atoms with Gasteiger partial charge in [0.1, 0.15) is 0 Å². The minimum atomic E-state index is 0.890. The van der Waals surface area contributed by atoms with Gasteiger partial charge in [0.2, 0.25) is 0 Å². The molecule has 2 heteroatoms. The van der Waals surface area contributed by atoms with Crippen LogP contribution in [-0.4, -0.2) is 23.3 Å². The summed E-state index contributed by atoms with van der Waals surface area (Å²) in [6.45, 7) is 10.3. The van der Waals surface area contributed by atoms with Crippen molar-refractivity contribution in [3.8, 4) is 0 Å². The van der Waals surface area contributed by atoms with Gasteiger partial charge in [-0.2, -0.15) is 0 Å². The molecule has 18 heavy (non-hydrogen) atoms. The molecule has 2 rings (SSSR count). The third-order valence-electron chi connectivity index (χ3n) is 4.15. The van der Waals surface area contributed by atoms with E-state index in [2.05, 4.69) is 53.7 Å². The second-order valence-electron chi connectivity index (χ2n) is 5.75. The molecule has 0 radical (unpaired) electrons. The van der Waals surface area contributed by atoms with E-state index in [1.54, 1.807) is 0 Å². The molecular formula is C16H24BrN. The number of aryl methyl sites for hydroxylation is 3. The van der Waals surface area contributed by atoms with Gasteiger partial charge in [-0.05, 0) is 69.3 Å². The van der Waals surface area contributed by atoms with E-state index in [9.17, 15) is 0 Å². The van der Waals surface area contributed by atoms with E-state index >= 15 is 0 Å². The maximum atomic E-state index is 3.61. The molecule has 1 fully saturated rings. The van der Waals surface area contributed by atoms with Crippen molar-refractivity contribution in [1.29, 1.82) is 0 Å². The van der Waals surface area contributed by atoms with Gasteiger partial charge in [-0.3, -0.25) is 4.90 Å². The Morgan fingerprint density at radius 3 is 2.17 bits per heavy atom. The quantitative estimate of drug-likeness (QED) is 0.756. The lowest BCUT2D eigenvalue weighted by Crippen LogP contribution is -2.34. The third-order valence-corrected chi connectivity index (χ3v) is 5.06. The van der Waals surface area contributed by atoms with Crippen LogP contribution in [0.4, 0.5) is 0 Å². The normalized spacial score (nSPS) is 18.2. The average Bonchev–Trinajstić information content (AvgIpc) is 2.34. The molecule has 0 bridgehead atoms. The molecule has 0 atom stereocenters. The third kappa shape index (κ3) is 3.36. The van der Waals surface area contributed by atoms with E-state index in [-0.39, 0.29) is 0 Å². The molecule has 0 spiro atoms. The SMILES string of the molecule is Cc1cc(C)c(CN2CCC(CBr)CC2)c(C)c1. The number of nitrogens with zero attached hydrogens (tertiary/aromatic N) is 1. The highest BCUT2D eigenvalue weighted by molar-refractivity contribution is 9.09. The van der Waals surface area contributed by atoms with Gasteiger partial charge in [-0.15, -0.1) is 0 Å². The Morgan fingerprint density at radius 1 is 1.11 bits per heavy atom. The van der Waals surface area contributed by atoms with Crippen molar-refractivity contribution >= 4 is 15.9 Å². The first-order chi connectivity index (χ1) is 8.60. The maximum absolute atomic E-state index is 3.61. The molecule has 1 aliphatic heterocycles. The average molecular weight is 310 g/mol. The number of rotatable bonds is 3. The van der Waals surface area contributed by atoms with Crippen LogP contribution in [0.2, 0.25) is 0 Å². The summed E-state index contributed by atoms with van der Waals surface area (Å²) >= 11 is 3.61. The van der Waals surface area contributed by atoms with Crippen molar-refractivity contribution in [2.24, 2.45) is 5.92 Å². The van der Waals surface area contributed by atoms with E-state index in [4.69, 9.17) is 0 Å². The summed E-state index contributed by atoms with van der Waals surface area (Å²) in [4.78, 5) is 2.61. The van der Waals surface area contributed by atoms with Gasteiger partial charge in [-0.1, -0.05) is 33.6 Å². The Bertz CT molecular complexity index is 383. The second-order valence-corrected chi connectivity index (χ2v) is 6.40. The highest BCUT2D eigenvalue weighted by Gasteiger charge is 2.19. The molecule has 0 N–H and O–H groups in total. The molecule has 1 saturated heterocycles. The lowest BCUT2D eigenvalue weighted by atomic mass is 9.96. The van der Waals surface area contributed by atoms with Gasteiger partial charge < -0.3 is 0 Å². The van der Waals surface area contributed by atoms with Crippen LogP contribution in [0.3, 0.4) is 0 Å². The lowest BCUT2D eigenvalue weighted by Gasteiger charge is -2.32. The smallest absolute Gasteiger partial charge is 0.0238 e. The van der Waals surface area contributed by atoms with Crippen molar-refractivity contribution in [1.82, 2.24) is 4.90 Å². The summed E-state index contributed by atoms with van der Waals surface area (Å²) in [5, 5.41) is 1.17. The number of hydrogen-bond donors (Lipinski definition) is 0. The molecule has 0 saturated carbocycles. The number of halogens is 1. The van der Waals surface area contributed by atoms with Crippen LogP contribution in [0, 0.1) is 26.7 Å². The van der Waals surface area contributed by atoms with E-state index in [0.29, 0.717) is 0 Å². The minimum Gasteiger partial charge on any atom is -0.299 e. The lowest BCUT2D eigenvalue weighted by molar-refractivity contribution is 0.187. The van der Waals surface area contributed by atoms with E-state index in [1.807, 2.05) is 0 Å². The molecule has 0 aromatic heterocycles. The molecule has 1 aromatic rings. The highest BCUT2D eigenvalue weighted by atomic mass is 79.9. The van der Waals surface area contributed by atoms with Gasteiger partial charge in [0.15, 0.2) is 0 Å². The van der Waals surface area contributed by atoms with Crippen molar-refractivity contribution in [2.45, 2.75) is 40.2 Å². The molecular weight excluding hydrogens is 286 g/mol. The molecule has 100 valence electrons. The molecule has 1 aliphatic rings. The summed E-state index contributed by atoms with van der Waals surface area (Å²) < 4.78 is 0. The van der Waals surface area contributed by atoms with Gasteiger partial charge >= 0.3 is 0 Å². The maximum Gasteiger partial charge on any atom is 0.0238 e. The van der Waals surface area contributed by atoms with Crippen molar-refractivity contribution in [2.75, 3.05) is 18.4 Å². The number of benzene rings is 1. The standard InChI is InChI=1S/C16H24BrN/c1-12-8-13(2)16(14(3)9-12)11-18-6-4-15(10-17)5-7-18/h8-9,15H,4-7,10-11H2,1-3H3. The van der Waals surface area contributed by atoms with Gasteiger partial charge in [-0.25, -0.2) is 0 Å². The molecule has 0 unspecified atom stereocenters. The summed E-state index contributed by atoms with van der Waals surface area (Å²) in [6, 6.07) is 4.63. The Kier molecular flexibility index (Phi) is 4.85. The number of alkyl halides is 1. The summed E-state index contributed by atoms with van der Waals surface area (Å²) in [7, 11) is 0. The summed E-state index contributed by atoms with van der Waals surface area (Å²) in [5.74, 6) is 0.890. The van der Waals surface area contributed by atoms with Crippen molar-refractivity contribution in [3.63, 3.8) is 0 Å². The Labute approximate surface area is 120 Å². The topological polar surface area (TPSA) is 3.24 Å². The molecule has 0 aliphatic carbocycles. The van der Waals surface area contributed by atoms with E-state index < -0.39 is 0 Å². The zero-order valence-electron chi connectivity index (χ0n) is 11.8. The fourth-order valence-electron chi connectivity index (χ4n) is 2.98. The zero-order valence-corrected chi connectivity index (χ0v) is 13.4. The van der Waals surface area contributed by atoms with Crippen molar-refractivity contribution < 1.29 is 0 Å². The van der Waals surface area contributed by atoms with Crippen LogP contribution in [0.25, 0.3) is 0 Å². The van der Waals surface area contributed by atoms with E-state index in [1.165, 1.54) is 53.5 Å². The molecule has 1 nitrogen and oxygen atoms in total. The Hall–Kier alpha value is -0.340. The second kappa shape index (κ2) is 6.21. The fraction of sp³-hybridized carbons (Fsp3) is 0.625. The number of piperidine rings is 1. The summed E-state index contributed by atoms with van der Waals surface area (Å²) in [5.41, 5.74) is 5.83. The first-order valence-electron chi connectivity index (χ1n) is 6.95. The molecule has 1 heterocycles. The number of hydrogen-bond acceptors (Lipinski definition) is 1. The Morgan fingerprint density at radius 2 is 1.67 bits per heavy atom. The van der Waals surface area contributed by atoms with Gasteiger partial charge in [0.05, 0.1) is 0 Å². The van der Waals surface area contributed by atoms with E-state index in [0.717, 1.165) is 12.5 Å². The first kappa shape index (κ1) is 14.1. The highest BCUT2D eigenvalue weighted by Crippen LogP contribution is 2.23. The van der Waals surface area contributed by atoms with Gasteiger partial charge in [0.25, 0.3) is 0 Å². The van der Waals surface area contributed by atoms with Crippen LogP contribution in [-0.2, 0) is 6.54 Å². The fourth-order valence-corrected chi connectivity index (χ4v) is 3.63. The minimum absolute atomic E-state index is 0.890. The van der Waals surface area contributed by atoms with Gasteiger partial charge in [0, 0.05) is 11.9 Å². The van der Waals surface area contributed by atoms with Crippen LogP contribution in [0.1, 0.15) is 35.1 Å². The zero-order chi connectivity index (χ0) is 13.1. The predicted molar refractivity (Wildman–Crippen MR) is 82.4 cm³/mol. The molecule has 1 aromatic carbocycles. The summed E-state index contributed by atoms with van der Waals surface area (Å²) in [6.07, 6.45) is 2.68. The molecule has 0 amide bonds. The van der Waals surface area contributed by atoms with Crippen LogP contribution in [0.15, 0.2) is 12.1 Å². The first-order valence-corrected chi connectivity index (χ1v) is 8.07. The monoisotopic (exact) mass is 309 g/mol. The predicted octanol–water partition coefficient (Wildman–Crippen LogP) is 4.22.